The van der Waals surface area contributed by atoms with Crippen molar-refractivity contribution < 1.29 is 0 Å². The number of nitriles is 1. The molecule has 1 aliphatic heterocycles. The van der Waals surface area contributed by atoms with Gasteiger partial charge in [0.2, 0.25) is 0 Å². The fraction of sp³-hybridized carbons (Fsp3) is 0.692. The number of likely N-dealkylation sites (tertiary alicyclic amines) is 1. The first kappa shape index (κ1) is 12.5. The zero-order valence-corrected chi connectivity index (χ0v) is 11.4. The minimum absolute atomic E-state index is 0.500. The van der Waals surface area contributed by atoms with Gasteiger partial charge >= 0.3 is 0 Å². The Bertz CT molecular complexity index is 419. The molecule has 0 radical (unpaired) electrons. The Balaban J connectivity index is 1.98. The lowest BCUT2D eigenvalue weighted by molar-refractivity contribution is 0.176. The number of hydrogen-bond donors (Lipinski definition) is 0. The van der Waals surface area contributed by atoms with E-state index in [9.17, 15) is 0 Å². The van der Waals surface area contributed by atoms with E-state index in [1.807, 2.05) is 6.92 Å². The molecule has 2 heterocycles. The van der Waals surface area contributed by atoms with E-state index in [1.54, 1.807) is 11.3 Å². The van der Waals surface area contributed by atoms with Gasteiger partial charge in [-0.25, -0.2) is 4.98 Å². The molecule has 0 bridgehead atoms. The molecule has 2 rings (SSSR count). The Labute approximate surface area is 107 Å². The molecule has 0 N–H and O–H groups in total. The average Bonchev–Trinajstić information content (AvgIpc) is 2.60. The zero-order chi connectivity index (χ0) is 12.3. The molecule has 1 aliphatic rings. The van der Waals surface area contributed by atoms with Crippen LogP contribution in [0.25, 0.3) is 0 Å². The molecule has 1 saturated heterocycles. The van der Waals surface area contributed by atoms with Crippen LogP contribution in [0.5, 0.6) is 0 Å². The van der Waals surface area contributed by atoms with Crippen LogP contribution in [0.1, 0.15) is 35.3 Å². The topological polar surface area (TPSA) is 39.9 Å². The van der Waals surface area contributed by atoms with Gasteiger partial charge in [0.05, 0.1) is 24.7 Å². The lowest BCUT2D eigenvalue weighted by Crippen LogP contribution is -2.33. The van der Waals surface area contributed by atoms with Gasteiger partial charge in [-0.05, 0) is 32.2 Å². The van der Waals surface area contributed by atoms with E-state index in [0.29, 0.717) is 6.42 Å². The maximum atomic E-state index is 8.73. The number of hydrogen-bond acceptors (Lipinski definition) is 4. The maximum absolute atomic E-state index is 8.73. The molecule has 4 heteroatoms. The van der Waals surface area contributed by atoms with Crippen LogP contribution in [0.15, 0.2) is 0 Å². The van der Waals surface area contributed by atoms with E-state index in [4.69, 9.17) is 5.26 Å². The molecule has 1 aromatic rings. The van der Waals surface area contributed by atoms with Crippen molar-refractivity contribution in [2.24, 2.45) is 5.92 Å². The van der Waals surface area contributed by atoms with Crippen LogP contribution in [0, 0.1) is 24.2 Å². The van der Waals surface area contributed by atoms with Gasteiger partial charge in [-0.1, -0.05) is 6.92 Å². The summed E-state index contributed by atoms with van der Waals surface area (Å²) < 4.78 is 0. The van der Waals surface area contributed by atoms with Gasteiger partial charge in [-0.15, -0.1) is 11.3 Å². The molecule has 0 saturated carbocycles. The number of aryl methyl sites for hydroxylation is 1. The van der Waals surface area contributed by atoms with Crippen molar-refractivity contribution in [2.45, 2.75) is 39.7 Å². The normalized spacial score (nSPS) is 21.4. The van der Waals surface area contributed by atoms with Crippen molar-refractivity contribution in [3.63, 3.8) is 0 Å². The smallest absolute Gasteiger partial charge is 0.107 e. The van der Waals surface area contributed by atoms with Gasteiger partial charge in [0.1, 0.15) is 5.01 Å². The molecule has 92 valence electrons. The highest BCUT2D eigenvalue weighted by atomic mass is 32.1. The molecule has 0 aromatic carbocycles. The monoisotopic (exact) mass is 249 g/mol. The summed E-state index contributed by atoms with van der Waals surface area (Å²) in [6.45, 7) is 7.66. The molecular weight excluding hydrogens is 230 g/mol. The first-order valence-corrected chi connectivity index (χ1v) is 7.05. The number of piperidine rings is 1. The highest BCUT2D eigenvalue weighted by molar-refractivity contribution is 7.11. The summed E-state index contributed by atoms with van der Waals surface area (Å²) in [6, 6.07) is 2.21. The Morgan fingerprint density at radius 3 is 3.12 bits per heavy atom. The largest absolute Gasteiger partial charge is 0.296 e. The number of rotatable bonds is 3. The van der Waals surface area contributed by atoms with Crippen molar-refractivity contribution in [1.82, 2.24) is 9.88 Å². The molecule has 0 aliphatic carbocycles. The van der Waals surface area contributed by atoms with Crippen molar-refractivity contribution in [1.29, 1.82) is 5.26 Å². The maximum Gasteiger partial charge on any atom is 0.107 e. The Morgan fingerprint density at radius 2 is 2.41 bits per heavy atom. The van der Waals surface area contributed by atoms with E-state index >= 15 is 0 Å². The quantitative estimate of drug-likeness (QED) is 0.827. The van der Waals surface area contributed by atoms with E-state index in [2.05, 4.69) is 22.9 Å². The lowest BCUT2D eigenvalue weighted by atomic mass is 10.0. The summed E-state index contributed by atoms with van der Waals surface area (Å²) in [5.41, 5.74) is 1.04. The first-order valence-electron chi connectivity index (χ1n) is 6.23. The predicted octanol–water partition coefficient (Wildman–Crippen LogP) is 2.75. The van der Waals surface area contributed by atoms with Crippen molar-refractivity contribution >= 4 is 11.3 Å². The van der Waals surface area contributed by atoms with Gasteiger partial charge < -0.3 is 0 Å². The molecule has 3 nitrogen and oxygen atoms in total. The summed E-state index contributed by atoms with van der Waals surface area (Å²) in [6.07, 6.45) is 3.16. The fourth-order valence-electron chi connectivity index (χ4n) is 2.41. The van der Waals surface area contributed by atoms with Crippen LogP contribution in [0.2, 0.25) is 0 Å². The molecule has 1 fully saturated rings. The summed E-state index contributed by atoms with van der Waals surface area (Å²) in [4.78, 5) is 8.19. The molecule has 0 spiro atoms. The van der Waals surface area contributed by atoms with E-state index < -0.39 is 0 Å². The molecule has 1 aromatic heterocycles. The van der Waals surface area contributed by atoms with Crippen LogP contribution < -0.4 is 0 Å². The second kappa shape index (κ2) is 5.61. The van der Waals surface area contributed by atoms with Gasteiger partial charge in [-0.3, -0.25) is 4.90 Å². The third kappa shape index (κ3) is 3.27. The second-order valence-corrected chi connectivity index (χ2v) is 6.10. The number of nitrogens with zero attached hydrogens (tertiary/aromatic N) is 3. The van der Waals surface area contributed by atoms with Gasteiger partial charge in [0.15, 0.2) is 0 Å². The van der Waals surface area contributed by atoms with Crippen LogP contribution in [0.3, 0.4) is 0 Å². The molecule has 0 amide bonds. The Morgan fingerprint density at radius 1 is 1.59 bits per heavy atom. The number of aromatic nitrogens is 1. The minimum Gasteiger partial charge on any atom is -0.296 e. The van der Waals surface area contributed by atoms with Gasteiger partial charge in [0, 0.05) is 11.4 Å². The molecule has 1 atom stereocenters. The number of thiazole rings is 1. The van der Waals surface area contributed by atoms with Crippen LogP contribution in [-0.4, -0.2) is 23.0 Å². The highest BCUT2D eigenvalue weighted by Gasteiger charge is 2.18. The molecular formula is C13H19N3S. The summed E-state index contributed by atoms with van der Waals surface area (Å²) >= 11 is 1.70. The third-order valence-electron chi connectivity index (χ3n) is 3.28. The fourth-order valence-corrected chi connectivity index (χ4v) is 3.46. The van der Waals surface area contributed by atoms with Crippen LogP contribution in [0.4, 0.5) is 0 Å². The lowest BCUT2D eigenvalue weighted by Gasteiger charge is -2.29. The van der Waals surface area contributed by atoms with Crippen LogP contribution >= 0.6 is 11.3 Å². The predicted molar refractivity (Wildman–Crippen MR) is 69.8 cm³/mol. The second-order valence-electron chi connectivity index (χ2n) is 4.93. The van der Waals surface area contributed by atoms with Gasteiger partial charge in [0.25, 0.3) is 0 Å². The summed E-state index contributed by atoms with van der Waals surface area (Å²) in [5, 5.41) is 9.90. The van der Waals surface area contributed by atoms with E-state index in [-0.39, 0.29) is 0 Å². The van der Waals surface area contributed by atoms with Gasteiger partial charge in [-0.2, -0.15) is 5.26 Å². The van der Waals surface area contributed by atoms with E-state index in [0.717, 1.165) is 23.0 Å². The van der Waals surface area contributed by atoms with Crippen molar-refractivity contribution in [3.05, 3.63) is 15.6 Å². The minimum atomic E-state index is 0.500. The molecule has 1 unspecified atom stereocenters. The standard InChI is InChI=1S/C13H19N3S/c1-10-4-3-7-16(8-10)9-13-15-11(2)12(17-13)5-6-14/h10H,3-5,7-9H2,1-2H3. The molecule has 17 heavy (non-hydrogen) atoms. The zero-order valence-electron chi connectivity index (χ0n) is 10.6. The average molecular weight is 249 g/mol. The highest BCUT2D eigenvalue weighted by Crippen LogP contribution is 2.22. The summed E-state index contributed by atoms with van der Waals surface area (Å²) in [5.74, 6) is 0.809. The Kier molecular flexibility index (Phi) is 4.14. The first-order chi connectivity index (χ1) is 8.19. The van der Waals surface area contributed by atoms with Crippen molar-refractivity contribution in [2.75, 3.05) is 13.1 Å². The third-order valence-corrected chi connectivity index (χ3v) is 4.42. The van der Waals surface area contributed by atoms with Crippen LogP contribution in [-0.2, 0) is 13.0 Å². The Hall–Kier alpha value is -0.920. The van der Waals surface area contributed by atoms with Crippen molar-refractivity contribution in [3.8, 4) is 6.07 Å². The summed E-state index contributed by atoms with van der Waals surface area (Å²) in [7, 11) is 0. The SMILES string of the molecule is Cc1nc(CN2CCCC(C)C2)sc1CC#N. The van der Waals surface area contributed by atoms with E-state index in [1.165, 1.54) is 30.9 Å².